The number of likely N-dealkylation sites (N-methyl/N-ethyl adjacent to an activating group) is 1. The predicted octanol–water partition coefficient (Wildman–Crippen LogP) is 0.434. The molecule has 0 bridgehead atoms. The topological polar surface area (TPSA) is 205 Å². The number of rotatable bonds is 10. The summed E-state index contributed by atoms with van der Waals surface area (Å²) in [6, 6.07) is 5.21. The van der Waals surface area contributed by atoms with Crippen LogP contribution in [0.5, 0.6) is 5.88 Å². The molecule has 3 rings (SSSR count). The summed E-state index contributed by atoms with van der Waals surface area (Å²) in [5.74, 6) is -3.49. The highest BCUT2D eigenvalue weighted by atomic mass is 16.4. The largest absolute Gasteiger partial charge is 0.492 e. The molecule has 0 unspecified atom stereocenters. The molecule has 2 heterocycles. The Balaban J connectivity index is 1.60. The molecule has 0 saturated heterocycles. The molecule has 0 aliphatic rings. The molecule has 1 aromatic carbocycles. The van der Waals surface area contributed by atoms with Crippen LogP contribution < -0.4 is 16.0 Å². The molecule has 3 aromatic rings. The molecule has 6 N–H and O–H groups in total. The lowest BCUT2D eigenvalue weighted by Crippen LogP contribution is -2.41. The minimum atomic E-state index is -1.30. The highest BCUT2D eigenvalue weighted by Gasteiger charge is 2.21. The maximum Gasteiger partial charge on any atom is 0.326 e. The summed E-state index contributed by atoms with van der Waals surface area (Å²) in [5, 5.41) is 30.2. The zero-order chi connectivity index (χ0) is 24.8. The van der Waals surface area contributed by atoms with Crippen LogP contribution in [0.15, 0.2) is 30.5 Å². The van der Waals surface area contributed by atoms with Crippen LogP contribution in [0.1, 0.15) is 28.9 Å². The maximum atomic E-state index is 12.4. The normalized spacial score (nSPS) is 11.7. The van der Waals surface area contributed by atoms with Crippen molar-refractivity contribution in [3.8, 4) is 5.88 Å². The van der Waals surface area contributed by atoms with Crippen LogP contribution in [-0.2, 0) is 16.0 Å². The van der Waals surface area contributed by atoms with E-state index in [0.717, 1.165) is 5.69 Å². The summed E-state index contributed by atoms with van der Waals surface area (Å²) in [7, 11) is 1.84. The summed E-state index contributed by atoms with van der Waals surface area (Å²) in [5.41, 5.74) is 7.50. The molecule has 178 valence electrons. The number of carboxylic acids is 2. The highest BCUT2D eigenvalue weighted by molar-refractivity contribution is 5.97. The molecule has 13 nitrogen and oxygen atoms in total. The fourth-order valence-corrected chi connectivity index (χ4v) is 3.11. The Kier molecular flexibility index (Phi) is 7.36. The molecule has 2 aromatic heterocycles. The number of carboxylic acid groups (broad SMARTS) is 2. The number of nitrogens with zero attached hydrogens (tertiary/aromatic N) is 5. The van der Waals surface area contributed by atoms with Crippen LogP contribution in [0.2, 0.25) is 0 Å². The van der Waals surface area contributed by atoms with Crippen molar-refractivity contribution in [3.63, 3.8) is 0 Å². The second-order valence-electron chi connectivity index (χ2n) is 7.45. The first-order valence-electron chi connectivity index (χ1n) is 10.2. The third-order valence-electron chi connectivity index (χ3n) is 4.98. The summed E-state index contributed by atoms with van der Waals surface area (Å²) in [4.78, 5) is 52.3. The van der Waals surface area contributed by atoms with Gasteiger partial charge in [0.1, 0.15) is 6.04 Å². The predicted molar refractivity (Wildman–Crippen MR) is 120 cm³/mol. The average molecular weight is 469 g/mol. The van der Waals surface area contributed by atoms with Gasteiger partial charge in [-0.25, -0.2) is 14.8 Å². The molecular weight excluding hydrogens is 446 g/mol. The van der Waals surface area contributed by atoms with Gasteiger partial charge >= 0.3 is 11.9 Å². The number of fused-ring (bicyclic) bond motifs is 1. The number of amides is 1. The van der Waals surface area contributed by atoms with Crippen molar-refractivity contribution >= 4 is 40.6 Å². The number of hydrogen-bond acceptors (Lipinski definition) is 10. The van der Waals surface area contributed by atoms with Gasteiger partial charge in [-0.05, 0) is 30.7 Å². The fraction of sp³-hybridized carbons (Fsp3) is 0.286. The summed E-state index contributed by atoms with van der Waals surface area (Å²) < 4.78 is 0. The minimum absolute atomic E-state index is 0.0948. The number of aromatic nitrogens is 4. The van der Waals surface area contributed by atoms with Gasteiger partial charge < -0.3 is 31.3 Å². The van der Waals surface area contributed by atoms with Gasteiger partial charge in [-0.2, -0.15) is 9.97 Å². The monoisotopic (exact) mass is 469 g/mol. The molecule has 0 fully saturated rings. The Morgan fingerprint density at radius 3 is 2.47 bits per heavy atom. The van der Waals surface area contributed by atoms with E-state index < -0.39 is 23.9 Å². The number of nitrogens with two attached hydrogens (primary N) is 1. The summed E-state index contributed by atoms with van der Waals surface area (Å²) >= 11 is 0. The molecular formula is C21H23N7O6. The van der Waals surface area contributed by atoms with Crippen LogP contribution in [0.3, 0.4) is 0 Å². The Hall–Kier alpha value is -4.55. The molecule has 0 aliphatic carbocycles. The average Bonchev–Trinajstić information content (AvgIpc) is 2.79. The molecule has 0 aliphatic heterocycles. The van der Waals surface area contributed by atoms with E-state index in [0.29, 0.717) is 18.7 Å². The van der Waals surface area contributed by atoms with Gasteiger partial charge in [0.2, 0.25) is 11.8 Å². The van der Waals surface area contributed by atoms with E-state index in [-0.39, 0.29) is 41.4 Å². The molecule has 1 amide bonds. The lowest BCUT2D eigenvalue weighted by atomic mass is 10.1. The van der Waals surface area contributed by atoms with Crippen molar-refractivity contribution in [1.82, 2.24) is 25.3 Å². The number of nitrogen functional groups attached to an aromatic ring is 1. The minimum Gasteiger partial charge on any atom is -0.492 e. The van der Waals surface area contributed by atoms with Crippen molar-refractivity contribution in [1.29, 1.82) is 0 Å². The third-order valence-corrected chi connectivity index (χ3v) is 4.98. The van der Waals surface area contributed by atoms with Crippen molar-refractivity contribution in [2.75, 3.05) is 24.2 Å². The van der Waals surface area contributed by atoms with E-state index >= 15 is 0 Å². The Bertz CT molecular complexity index is 1220. The first-order chi connectivity index (χ1) is 16.1. The first-order valence-corrected chi connectivity index (χ1v) is 10.2. The zero-order valence-electron chi connectivity index (χ0n) is 18.2. The second kappa shape index (κ2) is 10.4. The number of aliphatic carboxylic acids is 2. The first kappa shape index (κ1) is 24.1. The lowest BCUT2D eigenvalue weighted by Gasteiger charge is -2.19. The van der Waals surface area contributed by atoms with E-state index in [4.69, 9.17) is 10.8 Å². The van der Waals surface area contributed by atoms with Crippen LogP contribution in [0.4, 0.5) is 11.6 Å². The Morgan fingerprint density at radius 2 is 1.82 bits per heavy atom. The van der Waals surface area contributed by atoms with Gasteiger partial charge in [0.05, 0.1) is 11.9 Å². The Labute approximate surface area is 193 Å². The number of carbonyl (C=O) groups is 3. The molecule has 1 atom stereocenters. The number of carbonyl (C=O) groups excluding carboxylic acids is 1. The molecule has 0 spiro atoms. The van der Waals surface area contributed by atoms with Crippen molar-refractivity contribution < 1.29 is 29.7 Å². The number of nitrogens with one attached hydrogen (secondary N) is 1. The van der Waals surface area contributed by atoms with Gasteiger partial charge in [-0.1, -0.05) is 0 Å². The van der Waals surface area contributed by atoms with Gasteiger partial charge in [0.25, 0.3) is 5.91 Å². The summed E-state index contributed by atoms with van der Waals surface area (Å²) in [6.45, 7) is 0.540. The highest BCUT2D eigenvalue weighted by Crippen LogP contribution is 2.19. The maximum absolute atomic E-state index is 12.4. The van der Waals surface area contributed by atoms with Crippen molar-refractivity contribution in [2.24, 2.45) is 0 Å². The van der Waals surface area contributed by atoms with Crippen LogP contribution >= 0.6 is 0 Å². The van der Waals surface area contributed by atoms with Gasteiger partial charge in [-0.3, -0.25) is 9.59 Å². The number of aromatic hydroxyl groups is 1. The zero-order valence-corrected chi connectivity index (χ0v) is 18.2. The quantitative estimate of drug-likeness (QED) is 0.274. The van der Waals surface area contributed by atoms with E-state index in [1.54, 1.807) is 30.5 Å². The standard InChI is InChI=1S/C21H23N7O6/c1-28(9-8-12-10-23-17-16(24-12)19(32)27-21(22)26-17)13-4-2-11(3-5-13)18(31)25-14(20(33)34)6-7-15(29)30/h2-5,10,14H,6-9H2,1H3,(H,25,31)(H,29,30)(H,33,34)(H3,22,23,26,27,32)/t14-/m0/s1. The van der Waals surface area contributed by atoms with E-state index in [9.17, 15) is 24.6 Å². The van der Waals surface area contributed by atoms with Crippen LogP contribution in [-0.4, -0.2) is 72.7 Å². The molecule has 34 heavy (non-hydrogen) atoms. The van der Waals surface area contributed by atoms with Gasteiger partial charge in [0.15, 0.2) is 11.2 Å². The van der Waals surface area contributed by atoms with E-state index in [1.165, 1.54) is 0 Å². The lowest BCUT2D eigenvalue weighted by molar-refractivity contribution is -0.140. The fourth-order valence-electron chi connectivity index (χ4n) is 3.11. The molecule has 0 saturated carbocycles. The number of benzene rings is 1. The van der Waals surface area contributed by atoms with Crippen LogP contribution in [0.25, 0.3) is 11.2 Å². The number of anilines is 2. The SMILES string of the molecule is CN(CCc1cnc2nc(N)nc(O)c2n1)c1ccc(C(=O)N[C@@H](CCC(=O)O)C(=O)O)cc1. The summed E-state index contributed by atoms with van der Waals surface area (Å²) in [6.07, 6.45) is 1.45. The third kappa shape index (κ3) is 6.03. The van der Waals surface area contributed by atoms with Crippen molar-refractivity contribution in [2.45, 2.75) is 25.3 Å². The van der Waals surface area contributed by atoms with E-state index in [2.05, 4.69) is 25.3 Å². The van der Waals surface area contributed by atoms with Gasteiger partial charge in [-0.15, -0.1) is 0 Å². The molecule has 0 radical (unpaired) electrons. The van der Waals surface area contributed by atoms with Crippen LogP contribution in [0, 0.1) is 0 Å². The Morgan fingerprint density at radius 1 is 1.12 bits per heavy atom. The number of hydrogen-bond donors (Lipinski definition) is 5. The molecule has 13 heteroatoms. The van der Waals surface area contributed by atoms with Gasteiger partial charge in [0, 0.05) is 37.7 Å². The van der Waals surface area contributed by atoms with E-state index in [1.807, 2.05) is 11.9 Å². The smallest absolute Gasteiger partial charge is 0.326 e. The van der Waals surface area contributed by atoms with Crippen molar-refractivity contribution in [3.05, 3.63) is 41.7 Å². The second-order valence-corrected chi connectivity index (χ2v) is 7.45.